The van der Waals surface area contributed by atoms with Crippen molar-refractivity contribution in [3.05, 3.63) is 47.7 Å². The van der Waals surface area contributed by atoms with E-state index >= 15 is 0 Å². The van der Waals surface area contributed by atoms with Gasteiger partial charge in [0.15, 0.2) is 0 Å². The molecule has 0 saturated carbocycles. The van der Waals surface area contributed by atoms with Crippen LogP contribution >= 0.6 is 11.8 Å². The lowest BCUT2D eigenvalue weighted by Gasteiger charge is -2.12. The van der Waals surface area contributed by atoms with Gasteiger partial charge in [0, 0.05) is 11.9 Å². The summed E-state index contributed by atoms with van der Waals surface area (Å²) in [4.78, 5) is 15.4. The fourth-order valence-corrected chi connectivity index (χ4v) is 2.82. The molecule has 124 valence electrons. The van der Waals surface area contributed by atoms with Gasteiger partial charge in [-0.05, 0) is 50.1 Å². The summed E-state index contributed by atoms with van der Waals surface area (Å²) >= 11 is 1.23. The van der Waals surface area contributed by atoms with Gasteiger partial charge < -0.3 is 14.7 Å². The van der Waals surface area contributed by atoms with Gasteiger partial charge in [0.1, 0.15) is 5.69 Å². The predicted octanol–water partition coefficient (Wildman–Crippen LogP) is 3.80. The minimum Gasteiger partial charge on any atom is -0.410 e. The molecular formula is C17H18N4O2S. The molecule has 1 unspecified atom stereocenters. The van der Waals surface area contributed by atoms with Gasteiger partial charge in [0.25, 0.3) is 11.1 Å². The first kappa shape index (κ1) is 16.3. The number of anilines is 1. The maximum absolute atomic E-state index is 12.4. The van der Waals surface area contributed by atoms with Gasteiger partial charge in [-0.15, -0.1) is 10.2 Å². The van der Waals surface area contributed by atoms with E-state index in [1.54, 1.807) is 6.20 Å². The second-order valence-electron chi connectivity index (χ2n) is 5.52. The predicted molar refractivity (Wildman–Crippen MR) is 93.9 cm³/mol. The summed E-state index contributed by atoms with van der Waals surface area (Å²) in [6.07, 6.45) is 1.78. The minimum absolute atomic E-state index is 0.103. The van der Waals surface area contributed by atoms with Gasteiger partial charge in [0.2, 0.25) is 5.91 Å². The van der Waals surface area contributed by atoms with Crippen LogP contribution in [0.1, 0.15) is 18.1 Å². The summed E-state index contributed by atoms with van der Waals surface area (Å²) in [6.45, 7) is 5.77. The smallest absolute Gasteiger partial charge is 0.277 e. The van der Waals surface area contributed by atoms with E-state index in [-0.39, 0.29) is 11.2 Å². The van der Waals surface area contributed by atoms with E-state index < -0.39 is 0 Å². The Balaban J connectivity index is 1.65. The molecule has 1 amide bonds. The average Bonchev–Trinajstić information content (AvgIpc) is 3.21. The highest BCUT2D eigenvalue weighted by atomic mass is 32.2. The van der Waals surface area contributed by atoms with Crippen LogP contribution in [0.3, 0.4) is 0 Å². The van der Waals surface area contributed by atoms with Gasteiger partial charge in [0.05, 0.1) is 5.25 Å². The lowest BCUT2D eigenvalue weighted by Crippen LogP contribution is -2.22. The summed E-state index contributed by atoms with van der Waals surface area (Å²) < 4.78 is 5.57. The largest absolute Gasteiger partial charge is 0.410 e. The summed E-state index contributed by atoms with van der Waals surface area (Å²) in [5, 5.41) is 10.9. The molecule has 0 spiro atoms. The van der Waals surface area contributed by atoms with Crippen LogP contribution in [-0.4, -0.2) is 26.3 Å². The van der Waals surface area contributed by atoms with E-state index in [2.05, 4.69) is 20.5 Å². The van der Waals surface area contributed by atoms with Crippen LogP contribution < -0.4 is 5.32 Å². The summed E-state index contributed by atoms with van der Waals surface area (Å²) in [5.41, 5.74) is 3.70. The first-order chi connectivity index (χ1) is 11.5. The Bertz CT molecular complexity index is 842. The van der Waals surface area contributed by atoms with Crippen LogP contribution in [0.4, 0.5) is 5.69 Å². The number of hydrogen-bond acceptors (Lipinski definition) is 5. The highest BCUT2D eigenvalue weighted by Gasteiger charge is 2.19. The number of nitrogens with zero attached hydrogens (tertiary/aromatic N) is 2. The molecule has 2 heterocycles. The molecule has 2 N–H and O–H groups in total. The number of H-pyrrole nitrogens is 1. The van der Waals surface area contributed by atoms with E-state index in [1.165, 1.54) is 11.8 Å². The van der Waals surface area contributed by atoms with E-state index in [0.717, 1.165) is 22.5 Å². The van der Waals surface area contributed by atoms with Crippen molar-refractivity contribution in [3.8, 4) is 11.6 Å². The fourth-order valence-electron chi connectivity index (χ4n) is 2.14. The molecule has 0 aliphatic rings. The number of hydrogen-bond donors (Lipinski definition) is 2. The Hall–Kier alpha value is -2.54. The normalized spacial score (nSPS) is 12.1. The number of rotatable bonds is 5. The summed E-state index contributed by atoms with van der Waals surface area (Å²) in [7, 11) is 0. The van der Waals surface area contributed by atoms with Crippen molar-refractivity contribution in [1.82, 2.24) is 15.2 Å². The van der Waals surface area contributed by atoms with Crippen LogP contribution in [0.25, 0.3) is 11.6 Å². The quantitative estimate of drug-likeness (QED) is 0.689. The summed E-state index contributed by atoms with van der Waals surface area (Å²) in [5.74, 6) is 0.304. The van der Waals surface area contributed by atoms with Crippen molar-refractivity contribution in [2.24, 2.45) is 0 Å². The molecule has 1 atom stereocenters. The number of benzene rings is 1. The Labute approximate surface area is 144 Å². The monoisotopic (exact) mass is 342 g/mol. The second kappa shape index (κ2) is 6.92. The molecule has 0 saturated heterocycles. The van der Waals surface area contributed by atoms with E-state index in [1.807, 2.05) is 51.1 Å². The Kier molecular flexibility index (Phi) is 4.71. The molecule has 0 bridgehead atoms. The number of aryl methyl sites for hydroxylation is 2. The van der Waals surface area contributed by atoms with E-state index in [9.17, 15) is 4.79 Å². The molecule has 2 aromatic heterocycles. The average molecular weight is 342 g/mol. The molecule has 0 radical (unpaired) electrons. The van der Waals surface area contributed by atoms with Gasteiger partial charge in [-0.3, -0.25) is 4.79 Å². The SMILES string of the molecule is Cc1ccc(C)c(NC(=O)C(C)Sc2nnc(-c3ccc[nH]3)o2)c1. The molecule has 6 nitrogen and oxygen atoms in total. The van der Waals surface area contributed by atoms with Crippen LogP contribution in [0.15, 0.2) is 46.2 Å². The van der Waals surface area contributed by atoms with Crippen molar-refractivity contribution in [2.45, 2.75) is 31.2 Å². The Morgan fingerprint density at radius 1 is 1.29 bits per heavy atom. The molecule has 0 fully saturated rings. The van der Waals surface area contributed by atoms with Crippen LogP contribution in [0.2, 0.25) is 0 Å². The number of thioether (sulfide) groups is 1. The maximum Gasteiger partial charge on any atom is 0.277 e. The van der Waals surface area contributed by atoms with Gasteiger partial charge in [-0.25, -0.2) is 0 Å². The number of nitrogens with one attached hydrogen (secondary N) is 2. The van der Waals surface area contributed by atoms with Gasteiger partial charge >= 0.3 is 0 Å². The lowest BCUT2D eigenvalue weighted by atomic mass is 10.1. The zero-order valence-corrected chi connectivity index (χ0v) is 14.5. The van der Waals surface area contributed by atoms with Crippen molar-refractivity contribution in [1.29, 1.82) is 0 Å². The molecule has 0 aliphatic heterocycles. The molecule has 1 aromatic carbocycles. The third-order valence-electron chi connectivity index (χ3n) is 3.53. The van der Waals surface area contributed by atoms with Crippen LogP contribution in [0, 0.1) is 13.8 Å². The van der Waals surface area contributed by atoms with E-state index in [4.69, 9.17) is 4.42 Å². The topological polar surface area (TPSA) is 83.8 Å². The van der Waals surface area contributed by atoms with Crippen LogP contribution in [-0.2, 0) is 4.79 Å². The number of amides is 1. The van der Waals surface area contributed by atoms with Crippen LogP contribution in [0.5, 0.6) is 0 Å². The van der Waals surface area contributed by atoms with Crippen molar-refractivity contribution in [2.75, 3.05) is 5.32 Å². The van der Waals surface area contributed by atoms with Crippen molar-refractivity contribution < 1.29 is 9.21 Å². The molecule has 24 heavy (non-hydrogen) atoms. The summed E-state index contributed by atoms with van der Waals surface area (Å²) in [6, 6.07) is 9.67. The van der Waals surface area contributed by atoms with Crippen molar-refractivity contribution >= 4 is 23.4 Å². The first-order valence-corrected chi connectivity index (χ1v) is 8.43. The van der Waals surface area contributed by atoms with E-state index in [0.29, 0.717) is 11.1 Å². The van der Waals surface area contributed by atoms with Gasteiger partial charge in [-0.1, -0.05) is 23.9 Å². The molecule has 7 heteroatoms. The third kappa shape index (κ3) is 3.68. The highest BCUT2D eigenvalue weighted by Crippen LogP contribution is 2.26. The molecule has 0 aliphatic carbocycles. The maximum atomic E-state index is 12.4. The standard InChI is InChI=1S/C17H18N4O2S/c1-10-6-7-11(2)14(9-10)19-15(22)12(3)24-17-21-20-16(23-17)13-5-4-8-18-13/h4-9,12,18H,1-3H3,(H,19,22). The molecule has 3 aromatic rings. The lowest BCUT2D eigenvalue weighted by molar-refractivity contribution is -0.115. The number of carbonyl (C=O) groups excluding carboxylic acids is 1. The number of aromatic nitrogens is 3. The number of carbonyl (C=O) groups is 1. The Morgan fingerprint density at radius 2 is 2.12 bits per heavy atom. The Morgan fingerprint density at radius 3 is 2.88 bits per heavy atom. The van der Waals surface area contributed by atoms with Crippen molar-refractivity contribution in [3.63, 3.8) is 0 Å². The highest BCUT2D eigenvalue weighted by molar-refractivity contribution is 8.00. The zero-order valence-electron chi connectivity index (χ0n) is 13.7. The molecule has 3 rings (SSSR count). The fraction of sp³-hybridized carbons (Fsp3) is 0.235. The van der Waals surface area contributed by atoms with Gasteiger partial charge in [-0.2, -0.15) is 0 Å². The minimum atomic E-state index is -0.359. The zero-order chi connectivity index (χ0) is 17.1. The first-order valence-electron chi connectivity index (χ1n) is 7.55. The second-order valence-corrected chi connectivity index (χ2v) is 6.82. The third-order valence-corrected chi connectivity index (χ3v) is 4.47. The molecular weight excluding hydrogens is 324 g/mol. The number of aromatic amines is 1.